The van der Waals surface area contributed by atoms with Gasteiger partial charge in [-0.05, 0) is 44.7 Å². The summed E-state index contributed by atoms with van der Waals surface area (Å²) in [6.45, 7) is 7.66. The molecule has 5 nitrogen and oxygen atoms in total. The van der Waals surface area contributed by atoms with Crippen LogP contribution in [0, 0.1) is 5.92 Å². The van der Waals surface area contributed by atoms with Gasteiger partial charge in [0.15, 0.2) is 0 Å². The molecule has 6 heteroatoms. The van der Waals surface area contributed by atoms with Crippen LogP contribution in [-0.4, -0.2) is 55.8 Å². The summed E-state index contributed by atoms with van der Waals surface area (Å²) in [7, 11) is -3.26. The summed E-state index contributed by atoms with van der Waals surface area (Å²) in [6.07, 6.45) is 4.36. The standard InChI is InChI=1S/C13H27N3O2S/c1-3-15(4-2)19(17,18)16(13-7-8-13)11-12-6-5-9-14-10-12/h12-14H,3-11H2,1-2H3. The summed E-state index contributed by atoms with van der Waals surface area (Å²) >= 11 is 0. The van der Waals surface area contributed by atoms with Crippen molar-refractivity contribution >= 4 is 10.2 Å². The van der Waals surface area contributed by atoms with Gasteiger partial charge in [-0.2, -0.15) is 17.0 Å². The van der Waals surface area contributed by atoms with Crippen LogP contribution in [0.2, 0.25) is 0 Å². The summed E-state index contributed by atoms with van der Waals surface area (Å²) in [6, 6.07) is 0.257. The highest BCUT2D eigenvalue weighted by molar-refractivity contribution is 7.86. The van der Waals surface area contributed by atoms with E-state index in [0.29, 0.717) is 25.6 Å². The molecule has 1 N–H and O–H groups in total. The van der Waals surface area contributed by atoms with Gasteiger partial charge in [-0.15, -0.1) is 0 Å². The van der Waals surface area contributed by atoms with E-state index in [4.69, 9.17) is 0 Å². The topological polar surface area (TPSA) is 52.7 Å². The lowest BCUT2D eigenvalue weighted by atomic mass is 10.00. The van der Waals surface area contributed by atoms with Crippen molar-refractivity contribution in [3.8, 4) is 0 Å². The second kappa shape index (κ2) is 6.52. The van der Waals surface area contributed by atoms with Crippen LogP contribution in [0.15, 0.2) is 0 Å². The third kappa shape index (κ3) is 3.68. The zero-order valence-electron chi connectivity index (χ0n) is 12.1. The molecular formula is C13H27N3O2S. The van der Waals surface area contributed by atoms with Gasteiger partial charge in [-0.3, -0.25) is 0 Å². The molecule has 1 heterocycles. The third-order valence-corrected chi connectivity index (χ3v) is 6.33. The van der Waals surface area contributed by atoms with Crippen LogP contribution in [0.4, 0.5) is 0 Å². The van der Waals surface area contributed by atoms with Crippen LogP contribution >= 0.6 is 0 Å². The average Bonchev–Trinajstić information content (AvgIpc) is 3.22. The smallest absolute Gasteiger partial charge is 0.282 e. The molecule has 0 aromatic carbocycles. The molecule has 2 aliphatic rings. The molecular weight excluding hydrogens is 262 g/mol. The van der Waals surface area contributed by atoms with Gasteiger partial charge in [-0.1, -0.05) is 13.8 Å². The van der Waals surface area contributed by atoms with Crippen molar-refractivity contribution in [1.29, 1.82) is 0 Å². The van der Waals surface area contributed by atoms with E-state index in [-0.39, 0.29) is 6.04 Å². The van der Waals surface area contributed by atoms with Crippen LogP contribution in [0.3, 0.4) is 0 Å². The Balaban J connectivity index is 2.06. The van der Waals surface area contributed by atoms with Gasteiger partial charge >= 0.3 is 0 Å². The molecule has 2 rings (SSSR count). The van der Waals surface area contributed by atoms with E-state index in [1.807, 2.05) is 13.8 Å². The van der Waals surface area contributed by atoms with Crippen molar-refractivity contribution in [2.45, 2.75) is 45.6 Å². The van der Waals surface area contributed by atoms with Gasteiger partial charge in [0.2, 0.25) is 0 Å². The second-order valence-corrected chi connectivity index (χ2v) is 7.49. The Hall–Kier alpha value is -0.170. The molecule has 0 amide bonds. The molecule has 0 aromatic heterocycles. The maximum atomic E-state index is 12.7. The molecule has 2 fully saturated rings. The van der Waals surface area contributed by atoms with Crippen LogP contribution < -0.4 is 5.32 Å². The first-order chi connectivity index (χ1) is 9.09. The van der Waals surface area contributed by atoms with E-state index in [1.54, 1.807) is 8.61 Å². The Morgan fingerprint density at radius 2 is 1.84 bits per heavy atom. The Morgan fingerprint density at radius 1 is 1.16 bits per heavy atom. The molecule has 19 heavy (non-hydrogen) atoms. The number of hydrogen-bond acceptors (Lipinski definition) is 3. The number of piperidine rings is 1. The quantitative estimate of drug-likeness (QED) is 0.762. The van der Waals surface area contributed by atoms with E-state index in [0.717, 1.165) is 38.8 Å². The molecule has 1 saturated carbocycles. The van der Waals surface area contributed by atoms with Crippen molar-refractivity contribution in [2.24, 2.45) is 5.92 Å². The highest BCUT2D eigenvalue weighted by Crippen LogP contribution is 2.32. The van der Waals surface area contributed by atoms with Gasteiger partial charge in [0.05, 0.1) is 0 Å². The lowest BCUT2D eigenvalue weighted by molar-refractivity contribution is 0.269. The number of nitrogens with one attached hydrogen (secondary N) is 1. The molecule has 1 aliphatic heterocycles. The maximum Gasteiger partial charge on any atom is 0.282 e. The Labute approximate surface area is 117 Å². The summed E-state index contributed by atoms with van der Waals surface area (Å²) in [5.74, 6) is 0.472. The monoisotopic (exact) mass is 289 g/mol. The zero-order chi connectivity index (χ0) is 13.9. The first-order valence-corrected chi connectivity index (χ1v) is 8.96. The fraction of sp³-hybridized carbons (Fsp3) is 1.00. The zero-order valence-corrected chi connectivity index (χ0v) is 13.0. The molecule has 1 aliphatic carbocycles. The predicted octanol–water partition coefficient (Wildman–Crippen LogP) is 1.04. The fourth-order valence-corrected chi connectivity index (χ4v) is 4.76. The number of hydrogen-bond donors (Lipinski definition) is 1. The van der Waals surface area contributed by atoms with Crippen molar-refractivity contribution in [3.05, 3.63) is 0 Å². The van der Waals surface area contributed by atoms with Gasteiger partial charge in [-0.25, -0.2) is 0 Å². The van der Waals surface area contributed by atoms with Gasteiger partial charge in [0, 0.05) is 25.7 Å². The largest absolute Gasteiger partial charge is 0.316 e. The van der Waals surface area contributed by atoms with Crippen molar-refractivity contribution in [2.75, 3.05) is 32.7 Å². The lowest BCUT2D eigenvalue weighted by Gasteiger charge is -2.33. The summed E-state index contributed by atoms with van der Waals surface area (Å²) in [5.41, 5.74) is 0. The first-order valence-electron chi connectivity index (χ1n) is 7.57. The molecule has 0 radical (unpaired) electrons. The van der Waals surface area contributed by atoms with E-state index in [9.17, 15) is 8.42 Å². The first kappa shape index (κ1) is 15.2. The highest BCUT2D eigenvalue weighted by atomic mass is 32.2. The minimum Gasteiger partial charge on any atom is -0.316 e. The van der Waals surface area contributed by atoms with Crippen molar-refractivity contribution in [1.82, 2.24) is 13.9 Å². The van der Waals surface area contributed by atoms with Crippen LogP contribution in [0.5, 0.6) is 0 Å². The van der Waals surface area contributed by atoms with E-state index >= 15 is 0 Å². The molecule has 0 spiro atoms. The third-order valence-electron chi connectivity index (χ3n) is 4.12. The molecule has 112 valence electrons. The van der Waals surface area contributed by atoms with Gasteiger partial charge in [0.1, 0.15) is 0 Å². The summed E-state index contributed by atoms with van der Waals surface area (Å²) in [5, 5.41) is 3.37. The van der Waals surface area contributed by atoms with Crippen molar-refractivity contribution in [3.63, 3.8) is 0 Å². The lowest BCUT2D eigenvalue weighted by Crippen LogP contribution is -2.48. The van der Waals surface area contributed by atoms with Gasteiger partial charge in [0.25, 0.3) is 10.2 Å². The van der Waals surface area contributed by atoms with E-state index in [1.165, 1.54) is 0 Å². The summed E-state index contributed by atoms with van der Waals surface area (Å²) in [4.78, 5) is 0. The minimum absolute atomic E-state index is 0.257. The van der Waals surface area contributed by atoms with Crippen LogP contribution in [-0.2, 0) is 10.2 Å². The Kier molecular flexibility index (Phi) is 5.22. The van der Waals surface area contributed by atoms with Crippen LogP contribution in [0.1, 0.15) is 39.5 Å². The number of rotatable bonds is 7. The Bertz CT molecular complexity index is 371. The number of nitrogens with zero attached hydrogens (tertiary/aromatic N) is 2. The Morgan fingerprint density at radius 3 is 2.32 bits per heavy atom. The second-order valence-electron chi connectivity index (χ2n) is 5.61. The highest BCUT2D eigenvalue weighted by Gasteiger charge is 2.40. The van der Waals surface area contributed by atoms with Crippen molar-refractivity contribution < 1.29 is 8.42 Å². The molecule has 1 atom stereocenters. The van der Waals surface area contributed by atoms with E-state index in [2.05, 4.69) is 5.32 Å². The normalized spacial score (nSPS) is 25.2. The molecule has 0 bridgehead atoms. The average molecular weight is 289 g/mol. The van der Waals surface area contributed by atoms with Crippen LogP contribution in [0.25, 0.3) is 0 Å². The van der Waals surface area contributed by atoms with E-state index < -0.39 is 10.2 Å². The predicted molar refractivity (Wildman–Crippen MR) is 77.2 cm³/mol. The minimum atomic E-state index is -3.26. The molecule has 1 saturated heterocycles. The molecule has 1 unspecified atom stereocenters. The summed E-state index contributed by atoms with van der Waals surface area (Å²) < 4.78 is 28.7. The fourth-order valence-electron chi connectivity index (χ4n) is 2.83. The maximum absolute atomic E-state index is 12.7. The molecule has 0 aromatic rings. The SMILES string of the molecule is CCN(CC)S(=O)(=O)N(CC1CCCNC1)C1CC1. The van der Waals surface area contributed by atoms with Gasteiger partial charge < -0.3 is 5.32 Å².